The Kier molecular flexibility index (Phi) is 8.00. The molecule has 0 aliphatic rings. The molecule has 0 aromatic rings. The Morgan fingerprint density at radius 3 is 1.42 bits per heavy atom. The summed E-state index contributed by atoms with van der Waals surface area (Å²) < 4.78 is 41.1. The molecule has 0 bridgehead atoms. The van der Waals surface area contributed by atoms with E-state index in [1.807, 2.05) is 0 Å². The molecule has 0 fully saturated rings. The summed E-state index contributed by atoms with van der Waals surface area (Å²) in [5.74, 6) is 0. The lowest BCUT2D eigenvalue weighted by molar-refractivity contribution is 0.186. The summed E-state index contributed by atoms with van der Waals surface area (Å²) in [5.41, 5.74) is 0. The Bertz CT molecular complexity index is 341. The van der Waals surface area contributed by atoms with Crippen molar-refractivity contribution < 1.29 is 18.2 Å². The van der Waals surface area contributed by atoms with Crippen molar-refractivity contribution in [2.45, 2.75) is 20.8 Å². The molecule has 0 saturated carbocycles. The average Bonchev–Trinajstić information content (AvgIpc) is 2.29. The molecule has 7 nitrogen and oxygen atoms in total. The first-order valence-corrected chi connectivity index (χ1v) is 9.39. The zero-order chi connectivity index (χ0) is 15.3. The quantitative estimate of drug-likeness (QED) is 0.606. The van der Waals surface area contributed by atoms with E-state index < -0.39 is 15.3 Å². The van der Waals surface area contributed by atoms with Crippen LogP contribution in [0.2, 0.25) is 0 Å². The van der Waals surface area contributed by atoms with Crippen molar-refractivity contribution in [2.24, 2.45) is 0 Å². The molecule has 116 valence electrons. The van der Waals surface area contributed by atoms with Crippen LogP contribution in [0, 0.1) is 0 Å². The zero-order valence-electron chi connectivity index (χ0n) is 13.0. The minimum atomic E-state index is -3.57. The first kappa shape index (κ1) is 19.3. The van der Waals surface area contributed by atoms with E-state index in [9.17, 15) is 9.13 Å². The van der Waals surface area contributed by atoms with Crippen LogP contribution in [0.3, 0.4) is 0 Å². The van der Waals surface area contributed by atoms with Crippen LogP contribution in [-0.4, -0.2) is 61.7 Å². The lowest BCUT2D eigenvalue weighted by atomic mass is 10.8. The lowest BCUT2D eigenvalue weighted by Gasteiger charge is -2.40. The molecule has 0 aromatic carbocycles. The van der Waals surface area contributed by atoms with Crippen molar-refractivity contribution in [1.29, 1.82) is 0 Å². The van der Waals surface area contributed by atoms with Crippen molar-refractivity contribution in [1.82, 2.24) is 13.8 Å². The lowest BCUT2D eigenvalue weighted by Crippen LogP contribution is -2.34. The topological polar surface area (TPSA) is 62.3 Å². The maximum atomic E-state index is 13.2. The summed E-state index contributed by atoms with van der Waals surface area (Å²) in [7, 11) is 0.00538. The number of rotatable bonds is 9. The van der Waals surface area contributed by atoms with Crippen molar-refractivity contribution in [3.8, 4) is 0 Å². The Morgan fingerprint density at radius 1 is 0.842 bits per heavy atom. The van der Waals surface area contributed by atoms with Crippen LogP contribution in [0.4, 0.5) is 0 Å². The number of nitrogens with zero attached hydrogens (tertiary/aromatic N) is 3. The number of hydrogen-bond donors (Lipinski definition) is 0. The van der Waals surface area contributed by atoms with Gasteiger partial charge in [-0.15, -0.1) is 4.44 Å². The zero-order valence-corrected chi connectivity index (χ0v) is 14.8. The van der Waals surface area contributed by atoms with Gasteiger partial charge >= 0.3 is 7.75 Å². The highest BCUT2D eigenvalue weighted by Gasteiger charge is 2.47. The summed E-state index contributed by atoms with van der Waals surface area (Å²) >= 11 is 0. The van der Waals surface area contributed by atoms with E-state index >= 15 is 0 Å². The molecule has 0 rings (SSSR count). The van der Waals surface area contributed by atoms with Gasteiger partial charge in [-0.3, -0.25) is 13.6 Å². The van der Waals surface area contributed by atoms with Gasteiger partial charge < -0.3 is 0 Å². The second kappa shape index (κ2) is 7.89. The van der Waals surface area contributed by atoms with E-state index in [1.165, 1.54) is 4.44 Å². The summed E-state index contributed by atoms with van der Waals surface area (Å²) in [4.78, 5) is 0. The maximum absolute atomic E-state index is 13.2. The molecule has 0 unspecified atom stereocenters. The molecule has 0 heterocycles. The van der Waals surface area contributed by atoms with E-state index in [0.29, 0.717) is 6.54 Å². The Morgan fingerprint density at radius 2 is 1.21 bits per heavy atom. The van der Waals surface area contributed by atoms with Crippen LogP contribution in [0.1, 0.15) is 20.8 Å². The molecule has 0 atom stereocenters. The SMILES string of the molecule is CCOP(=O)(OCC)N(CC)P(=O)(N(C)C)N(C)C. The molecule has 0 aliphatic carbocycles. The fourth-order valence-electron chi connectivity index (χ4n) is 1.77. The maximum Gasteiger partial charge on any atom is 0.416 e. The molecule has 0 N–H and O–H groups in total. The van der Waals surface area contributed by atoms with E-state index in [2.05, 4.69) is 0 Å². The van der Waals surface area contributed by atoms with Gasteiger partial charge in [0.25, 0.3) is 7.59 Å². The van der Waals surface area contributed by atoms with E-state index in [1.54, 1.807) is 58.3 Å². The van der Waals surface area contributed by atoms with Gasteiger partial charge in [0, 0.05) is 6.54 Å². The molecule has 0 radical (unpaired) electrons. The largest absolute Gasteiger partial charge is 0.416 e. The first-order valence-electron chi connectivity index (χ1n) is 6.33. The van der Waals surface area contributed by atoms with Crippen molar-refractivity contribution >= 4 is 15.3 Å². The molecule has 0 aliphatic heterocycles. The standard InChI is InChI=1S/C10H27N3O4P2/c1-8-13(18(14,11(4)5)12(6)7)19(15,16-9-2)17-10-3/h8-10H2,1-7H3. The predicted molar refractivity (Wildman–Crippen MR) is 78.2 cm³/mol. The Hall–Kier alpha value is 0.260. The molecule has 19 heavy (non-hydrogen) atoms. The molecule has 9 heteroatoms. The minimum absolute atomic E-state index is 0.231. The third-order valence-corrected chi connectivity index (χ3v) is 8.84. The fraction of sp³-hybridized carbons (Fsp3) is 1.00. The number of hydrogen-bond acceptors (Lipinski definition) is 4. The van der Waals surface area contributed by atoms with E-state index in [0.717, 1.165) is 0 Å². The van der Waals surface area contributed by atoms with Crippen LogP contribution in [0.15, 0.2) is 0 Å². The first-order chi connectivity index (χ1) is 8.70. The van der Waals surface area contributed by atoms with Gasteiger partial charge in [-0.25, -0.2) is 13.9 Å². The average molecular weight is 315 g/mol. The molecule has 0 saturated heterocycles. The third-order valence-electron chi connectivity index (χ3n) is 2.49. The third kappa shape index (κ3) is 4.11. The van der Waals surface area contributed by atoms with Gasteiger partial charge in [0.1, 0.15) is 0 Å². The van der Waals surface area contributed by atoms with Gasteiger partial charge in [0.15, 0.2) is 0 Å². The van der Waals surface area contributed by atoms with Crippen molar-refractivity contribution in [3.63, 3.8) is 0 Å². The second-order valence-electron chi connectivity index (χ2n) is 4.20. The molecular formula is C10H27N3O4P2. The van der Waals surface area contributed by atoms with Gasteiger partial charge in [-0.2, -0.15) is 0 Å². The summed E-state index contributed by atoms with van der Waals surface area (Å²) in [5, 5.41) is 0. The van der Waals surface area contributed by atoms with Crippen molar-refractivity contribution in [3.05, 3.63) is 0 Å². The highest BCUT2D eigenvalue weighted by atomic mass is 31.2. The highest BCUT2D eigenvalue weighted by molar-refractivity contribution is 7.69. The van der Waals surface area contributed by atoms with Crippen LogP contribution in [0.5, 0.6) is 0 Å². The van der Waals surface area contributed by atoms with Crippen LogP contribution >= 0.6 is 15.3 Å². The Labute approximate surface area is 117 Å². The Balaban J connectivity index is 5.71. The molecule has 0 aromatic heterocycles. The monoisotopic (exact) mass is 315 g/mol. The van der Waals surface area contributed by atoms with Gasteiger partial charge in [0.05, 0.1) is 13.2 Å². The second-order valence-corrected chi connectivity index (χ2v) is 9.56. The molecule has 0 spiro atoms. The summed E-state index contributed by atoms with van der Waals surface area (Å²) in [6.45, 7) is 6.00. The van der Waals surface area contributed by atoms with Crippen molar-refractivity contribution in [2.75, 3.05) is 47.9 Å². The predicted octanol–water partition coefficient (Wildman–Crippen LogP) is 2.72. The normalized spacial score (nSPS) is 13.8. The van der Waals surface area contributed by atoms with Gasteiger partial charge in [-0.1, -0.05) is 6.92 Å². The van der Waals surface area contributed by atoms with Gasteiger partial charge in [0.2, 0.25) is 0 Å². The smallest absolute Gasteiger partial charge is 0.297 e. The summed E-state index contributed by atoms with van der Waals surface area (Å²) in [6, 6.07) is 0. The molecular weight excluding hydrogens is 288 g/mol. The van der Waals surface area contributed by atoms with E-state index in [-0.39, 0.29) is 13.2 Å². The van der Waals surface area contributed by atoms with Crippen LogP contribution < -0.4 is 0 Å². The van der Waals surface area contributed by atoms with Gasteiger partial charge in [-0.05, 0) is 42.0 Å². The molecule has 0 amide bonds. The minimum Gasteiger partial charge on any atom is -0.297 e. The van der Waals surface area contributed by atoms with E-state index in [4.69, 9.17) is 9.05 Å². The fourth-order valence-corrected chi connectivity index (χ4v) is 7.43. The van der Waals surface area contributed by atoms with Crippen LogP contribution in [0.25, 0.3) is 0 Å². The highest BCUT2D eigenvalue weighted by Crippen LogP contribution is 2.68. The van der Waals surface area contributed by atoms with Crippen LogP contribution in [-0.2, 0) is 18.2 Å². The summed E-state index contributed by atoms with van der Waals surface area (Å²) in [6.07, 6.45) is 0.